The number of rotatable bonds is 7. The van der Waals surface area contributed by atoms with Gasteiger partial charge in [-0.25, -0.2) is 13.1 Å². The zero-order valence-electron chi connectivity index (χ0n) is 14.5. The molecule has 1 fully saturated rings. The first-order chi connectivity index (χ1) is 10.8. The molecule has 1 aliphatic heterocycles. The molecule has 0 radical (unpaired) electrons. The number of benzene rings is 1. The Labute approximate surface area is 140 Å². The van der Waals surface area contributed by atoms with Crippen LogP contribution in [0.15, 0.2) is 24.3 Å². The second kappa shape index (κ2) is 7.75. The minimum Gasteiger partial charge on any atom is -0.309 e. The zero-order valence-corrected chi connectivity index (χ0v) is 15.4. The molecular weight excluding hydrogens is 310 g/mol. The summed E-state index contributed by atoms with van der Waals surface area (Å²) >= 11 is 0. The van der Waals surface area contributed by atoms with Gasteiger partial charge in [-0.15, -0.1) is 0 Å². The van der Waals surface area contributed by atoms with Crippen molar-refractivity contribution in [2.45, 2.75) is 57.6 Å². The smallest absolute Gasteiger partial charge is 0.216 e. The lowest BCUT2D eigenvalue weighted by Crippen LogP contribution is -2.33. The Morgan fingerprint density at radius 2 is 1.91 bits per heavy atom. The van der Waals surface area contributed by atoms with E-state index in [1.807, 2.05) is 38.1 Å². The van der Waals surface area contributed by atoms with E-state index in [0.717, 1.165) is 24.1 Å². The number of nitrogens with zero attached hydrogens (tertiary/aromatic N) is 1. The van der Waals surface area contributed by atoms with E-state index >= 15 is 0 Å². The fourth-order valence-corrected chi connectivity index (χ4v) is 4.56. The van der Waals surface area contributed by atoms with Crippen LogP contribution in [-0.2, 0) is 22.3 Å². The molecule has 2 rings (SSSR count). The highest BCUT2D eigenvalue weighted by molar-refractivity contribution is 7.88. The van der Waals surface area contributed by atoms with Crippen molar-refractivity contribution >= 4 is 10.0 Å². The Bertz CT molecular complexity index is 606. The maximum atomic E-state index is 12.2. The predicted octanol–water partition coefficient (Wildman–Crippen LogP) is 1.70. The quantitative estimate of drug-likeness (QED) is 0.794. The summed E-state index contributed by atoms with van der Waals surface area (Å²) in [5.41, 5.74) is 1.93. The van der Waals surface area contributed by atoms with Crippen LogP contribution >= 0.6 is 0 Å². The number of nitrogens with one attached hydrogen (secondary N) is 2. The molecule has 130 valence electrons. The molecule has 0 aliphatic carbocycles. The Hall–Kier alpha value is -0.950. The Morgan fingerprint density at radius 3 is 2.48 bits per heavy atom. The van der Waals surface area contributed by atoms with Gasteiger partial charge in [0.25, 0.3) is 0 Å². The normalized spacial score (nSPS) is 22.8. The number of likely N-dealkylation sites (N-methyl/N-ethyl adjacent to an activating group) is 1. The summed E-state index contributed by atoms with van der Waals surface area (Å²) in [5.74, 6) is 0.0318. The molecule has 0 saturated carbocycles. The maximum absolute atomic E-state index is 12.2. The van der Waals surface area contributed by atoms with E-state index in [9.17, 15) is 8.42 Å². The summed E-state index contributed by atoms with van der Waals surface area (Å²) in [6.07, 6.45) is 1.13. The lowest BCUT2D eigenvalue weighted by Gasteiger charge is -2.16. The summed E-state index contributed by atoms with van der Waals surface area (Å²) < 4.78 is 27.0. The van der Waals surface area contributed by atoms with E-state index in [0.29, 0.717) is 18.6 Å². The van der Waals surface area contributed by atoms with Gasteiger partial charge in [0.2, 0.25) is 10.0 Å². The molecule has 0 unspecified atom stereocenters. The van der Waals surface area contributed by atoms with Gasteiger partial charge < -0.3 is 10.2 Å². The van der Waals surface area contributed by atoms with E-state index in [2.05, 4.69) is 28.9 Å². The zero-order chi connectivity index (χ0) is 17.0. The van der Waals surface area contributed by atoms with E-state index < -0.39 is 10.0 Å². The fourth-order valence-electron chi connectivity index (χ4n) is 3.07. The summed E-state index contributed by atoms with van der Waals surface area (Å²) in [5, 5.41) is 3.57. The van der Waals surface area contributed by atoms with Crippen LogP contribution in [-0.4, -0.2) is 45.0 Å². The standard InChI is InChI=1S/C17H29N3O2S/c1-13(2)19-23(21,22)12-16-8-6-5-7-15(16)10-18-17-9-14(3)20(4)11-17/h5-8,13-14,17-19H,9-12H2,1-4H3/t14-,17-/m1/s1. The van der Waals surface area contributed by atoms with Crippen molar-refractivity contribution in [2.75, 3.05) is 13.6 Å². The lowest BCUT2D eigenvalue weighted by atomic mass is 10.1. The van der Waals surface area contributed by atoms with E-state index in [4.69, 9.17) is 0 Å². The molecule has 23 heavy (non-hydrogen) atoms. The van der Waals surface area contributed by atoms with E-state index in [1.54, 1.807) is 0 Å². The fraction of sp³-hybridized carbons (Fsp3) is 0.647. The van der Waals surface area contributed by atoms with Gasteiger partial charge in [0.05, 0.1) is 5.75 Å². The monoisotopic (exact) mass is 339 g/mol. The second-order valence-corrected chi connectivity index (χ2v) is 8.66. The van der Waals surface area contributed by atoms with Crippen molar-refractivity contribution in [3.63, 3.8) is 0 Å². The molecule has 1 saturated heterocycles. The molecule has 2 atom stereocenters. The van der Waals surface area contributed by atoms with Gasteiger partial charge >= 0.3 is 0 Å². The van der Waals surface area contributed by atoms with Crippen molar-refractivity contribution < 1.29 is 8.42 Å². The van der Waals surface area contributed by atoms with Crippen LogP contribution in [0.25, 0.3) is 0 Å². The minimum absolute atomic E-state index is 0.0318. The molecule has 6 heteroatoms. The molecule has 0 amide bonds. The summed E-state index contributed by atoms with van der Waals surface area (Å²) in [6.45, 7) is 7.65. The molecule has 2 N–H and O–H groups in total. The van der Waals surface area contributed by atoms with Gasteiger partial charge in [0.15, 0.2) is 0 Å². The van der Waals surface area contributed by atoms with Crippen LogP contribution in [0.1, 0.15) is 38.3 Å². The summed E-state index contributed by atoms with van der Waals surface area (Å²) in [6, 6.07) is 8.75. The predicted molar refractivity (Wildman–Crippen MR) is 94.7 cm³/mol. The first-order valence-corrected chi connectivity index (χ1v) is 9.92. The van der Waals surface area contributed by atoms with Gasteiger partial charge in [0, 0.05) is 31.2 Å². The number of hydrogen-bond donors (Lipinski definition) is 2. The summed E-state index contributed by atoms with van der Waals surface area (Å²) in [4.78, 5) is 2.35. The first kappa shape index (κ1) is 18.4. The van der Waals surface area contributed by atoms with Crippen molar-refractivity contribution in [2.24, 2.45) is 0 Å². The van der Waals surface area contributed by atoms with Crippen molar-refractivity contribution in [3.05, 3.63) is 35.4 Å². The van der Waals surface area contributed by atoms with Crippen LogP contribution in [0.2, 0.25) is 0 Å². The Morgan fingerprint density at radius 1 is 1.26 bits per heavy atom. The minimum atomic E-state index is -3.30. The third kappa shape index (κ3) is 5.57. The number of hydrogen-bond acceptors (Lipinski definition) is 4. The Balaban J connectivity index is 2.00. The van der Waals surface area contributed by atoms with Gasteiger partial charge in [-0.2, -0.15) is 0 Å². The highest BCUT2D eigenvalue weighted by Gasteiger charge is 2.25. The molecule has 5 nitrogen and oxygen atoms in total. The van der Waals surface area contributed by atoms with Crippen molar-refractivity contribution in [1.29, 1.82) is 0 Å². The third-order valence-electron chi connectivity index (χ3n) is 4.35. The van der Waals surface area contributed by atoms with Gasteiger partial charge in [0.1, 0.15) is 0 Å². The van der Waals surface area contributed by atoms with Crippen LogP contribution in [0.4, 0.5) is 0 Å². The van der Waals surface area contributed by atoms with Crippen molar-refractivity contribution in [3.8, 4) is 0 Å². The number of likely N-dealkylation sites (tertiary alicyclic amines) is 1. The highest BCUT2D eigenvalue weighted by atomic mass is 32.2. The number of sulfonamides is 1. The molecule has 1 aliphatic rings. The highest BCUT2D eigenvalue weighted by Crippen LogP contribution is 2.17. The molecule has 1 heterocycles. The molecule has 1 aromatic carbocycles. The summed E-state index contributed by atoms with van der Waals surface area (Å²) in [7, 11) is -1.15. The van der Waals surface area contributed by atoms with Gasteiger partial charge in [-0.05, 0) is 45.4 Å². The van der Waals surface area contributed by atoms with Gasteiger partial charge in [-0.1, -0.05) is 24.3 Å². The largest absolute Gasteiger partial charge is 0.309 e. The maximum Gasteiger partial charge on any atom is 0.216 e. The van der Waals surface area contributed by atoms with Gasteiger partial charge in [-0.3, -0.25) is 0 Å². The third-order valence-corrected chi connectivity index (χ3v) is 5.87. The molecule has 0 spiro atoms. The molecule has 0 aromatic heterocycles. The molecule has 1 aromatic rings. The first-order valence-electron chi connectivity index (χ1n) is 8.27. The van der Waals surface area contributed by atoms with E-state index in [1.165, 1.54) is 0 Å². The average Bonchev–Trinajstić information content (AvgIpc) is 2.75. The molecule has 0 bridgehead atoms. The second-order valence-electron chi connectivity index (χ2n) is 6.90. The lowest BCUT2D eigenvalue weighted by molar-refractivity contribution is 0.326. The average molecular weight is 340 g/mol. The topological polar surface area (TPSA) is 61.4 Å². The van der Waals surface area contributed by atoms with Crippen molar-refractivity contribution in [1.82, 2.24) is 14.9 Å². The van der Waals surface area contributed by atoms with Crippen LogP contribution in [0.3, 0.4) is 0 Å². The van der Waals surface area contributed by atoms with Crippen LogP contribution < -0.4 is 10.0 Å². The van der Waals surface area contributed by atoms with Crippen LogP contribution in [0, 0.1) is 0 Å². The van der Waals surface area contributed by atoms with E-state index in [-0.39, 0.29) is 11.8 Å². The SMILES string of the molecule is CC(C)NS(=O)(=O)Cc1ccccc1CN[C@@H]1C[C@@H](C)N(C)C1. The molecular formula is C17H29N3O2S. The van der Waals surface area contributed by atoms with Crippen LogP contribution in [0.5, 0.6) is 0 Å². The Kier molecular flexibility index (Phi) is 6.19.